The van der Waals surface area contributed by atoms with E-state index in [1.54, 1.807) is 24.3 Å². The van der Waals surface area contributed by atoms with E-state index in [9.17, 15) is 19.5 Å². The minimum absolute atomic E-state index is 0.101. The maximum Gasteiger partial charge on any atom is 0.338 e. The standard InChI is InChI=1S/C24H15Cl4N3O4S2/c1-10-5-6-13-14(7-10)37-24(30-13)31-15(32)9-36-12-4-2-3-11(8-12)29-22(33)16-17(23(34)35)19(26)21(28)20(27)18(16)25/h2-8H,9H2,1H3,(H,29,33)(H,34,35)(H,30,31,32). The molecule has 0 aliphatic carbocycles. The van der Waals surface area contributed by atoms with Gasteiger partial charge in [0.2, 0.25) is 5.91 Å². The molecule has 0 aliphatic heterocycles. The van der Waals surface area contributed by atoms with Gasteiger partial charge >= 0.3 is 5.97 Å². The number of aromatic carboxylic acids is 1. The summed E-state index contributed by atoms with van der Waals surface area (Å²) < 4.78 is 0.987. The number of rotatable bonds is 7. The van der Waals surface area contributed by atoms with Crippen molar-refractivity contribution in [1.82, 2.24) is 4.98 Å². The number of aromatic nitrogens is 1. The normalized spacial score (nSPS) is 10.9. The third kappa shape index (κ3) is 6.14. The fourth-order valence-electron chi connectivity index (χ4n) is 3.29. The van der Waals surface area contributed by atoms with Crippen LogP contribution in [0, 0.1) is 6.92 Å². The molecule has 0 aliphatic rings. The molecule has 0 radical (unpaired) electrons. The van der Waals surface area contributed by atoms with E-state index in [-0.39, 0.29) is 26.7 Å². The highest BCUT2D eigenvalue weighted by Gasteiger charge is 2.29. The van der Waals surface area contributed by atoms with Crippen LogP contribution in [-0.4, -0.2) is 33.6 Å². The minimum Gasteiger partial charge on any atom is -0.478 e. The summed E-state index contributed by atoms with van der Waals surface area (Å²) >= 11 is 26.8. The second kappa shape index (κ2) is 11.5. The van der Waals surface area contributed by atoms with Crippen LogP contribution in [0.4, 0.5) is 10.8 Å². The van der Waals surface area contributed by atoms with E-state index in [0.717, 1.165) is 15.8 Å². The van der Waals surface area contributed by atoms with Crippen LogP contribution in [0.1, 0.15) is 26.3 Å². The Balaban J connectivity index is 1.45. The van der Waals surface area contributed by atoms with Crippen molar-refractivity contribution in [3.8, 4) is 0 Å². The molecule has 190 valence electrons. The topological polar surface area (TPSA) is 108 Å². The largest absolute Gasteiger partial charge is 0.478 e. The lowest BCUT2D eigenvalue weighted by atomic mass is 10.1. The molecule has 0 spiro atoms. The fraction of sp³-hybridized carbons (Fsp3) is 0.0833. The van der Waals surface area contributed by atoms with Gasteiger partial charge in [0.15, 0.2) is 5.13 Å². The highest BCUT2D eigenvalue weighted by Crippen LogP contribution is 2.42. The number of halogens is 4. The summed E-state index contributed by atoms with van der Waals surface area (Å²) in [6.45, 7) is 1.99. The van der Waals surface area contributed by atoms with Gasteiger partial charge < -0.3 is 15.7 Å². The number of fused-ring (bicyclic) bond motifs is 1. The number of amides is 2. The minimum atomic E-state index is -1.49. The lowest BCUT2D eigenvalue weighted by Crippen LogP contribution is -2.18. The number of benzene rings is 3. The molecule has 0 atom stereocenters. The maximum atomic E-state index is 13.0. The summed E-state index contributed by atoms with van der Waals surface area (Å²) in [4.78, 5) is 42.3. The van der Waals surface area contributed by atoms with E-state index in [0.29, 0.717) is 15.7 Å². The van der Waals surface area contributed by atoms with Crippen molar-refractivity contribution in [3.63, 3.8) is 0 Å². The van der Waals surface area contributed by atoms with Gasteiger partial charge in [0.25, 0.3) is 5.91 Å². The van der Waals surface area contributed by atoms with Crippen LogP contribution in [0.15, 0.2) is 47.4 Å². The van der Waals surface area contributed by atoms with Gasteiger partial charge in [0, 0.05) is 10.6 Å². The molecule has 0 bridgehead atoms. The van der Waals surface area contributed by atoms with Gasteiger partial charge in [0.05, 0.1) is 47.2 Å². The van der Waals surface area contributed by atoms with E-state index in [2.05, 4.69) is 15.6 Å². The smallest absolute Gasteiger partial charge is 0.338 e. The molecule has 0 fully saturated rings. The Kier molecular flexibility index (Phi) is 8.52. The van der Waals surface area contributed by atoms with Gasteiger partial charge in [0.1, 0.15) is 0 Å². The van der Waals surface area contributed by atoms with Crippen molar-refractivity contribution in [3.05, 3.63) is 79.2 Å². The van der Waals surface area contributed by atoms with Gasteiger partial charge in [-0.05, 0) is 42.8 Å². The van der Waals surface area contributed by atoms with Crippen LogP contribution in [0.5, 0.6) is 0 Å². The summed E-state index contributed by atoms with van der Waals surface area (Å²) in [5.41, 5.74) is 1.28. The Morgan fingerprint density at radius 3 is 2.35 bits per heavy atom. The first-order valence-electron chi connectivity index (χ1n) is 10.4. The number of carbonyl (C=O) groups excluding carboxylic acids is 2. The fourth-order valence-corrected chi connectivity index (χ4v) is 6.05. The molecule has 1 heterocycles. The van der Waals surface area contributed by atoms with E-state index in [1.807, 2.05) is 25.1 Å². The molecule has 4 rings (SSSR count). The summed E-state index contributed by atoms with van der Waals surface area (Å²) in [7, 11) is 0. The summed E-state index contributed by atoms with van der Waals surface area (Å²) in [5, 5.41) is 14.2. The number of carboxylic acids is 1. The molecule has 0 saturated carbocycles. The predicted molar refractivity (Wildman–Crippen MR) is 152 cm³/mol. The van der Waals surface area contributed by atoms with Crippen molar-refractivity contribution >= 4 is 108 Å². The average molecular weight is 615 g/mol. The second-order valence-corrected chi connectivity index (χ2v) is 11.2. The molecule has 7 nitrogen and oxygen atoms in total. The maximum absolute atomic E-state index is 13.0. The number of thiazole rings is 1. The lowest BCUT2D eigenvalue weighted by molar-refractivity contribution is -0.113. The van der Waals surface area contributed by atoms with Crippen molar-refractivity contribution in [1.29, 1.82) is 0 Å². The number of nitrogens with zero attached hydrogens (tertiary/aromatic N) is 1. The lowest BCUT2D eigenvalue weighted by Gasteiger charge is -2.14. The molecule has 0 saturated heterocycles. The first-order valence-corrected chi connectivity index (χ1v) is 13.7. The molecule has 0 unspecified atom stereocenters. The number of anilines is 2. The van der Waals surface area contributed by atoms with Crippen LogP contribution >= 0.6 is 69.5 Å². The zero-order valence-corrected chi connectivity index (χ0v) is 23.4. The van der Waals surface area contributed by atoms with Crippen LogP contribution in [0.25, 0.3) is 10.2 Å². The Hall–Kier alpha value is -2.53. The number of hydrogen-bond donors (Lipinski definition) is 3. The Labute approximate surface area is 239 Å². The van der Waals surface area contributed by atoms with E-state index in [4.69, 9.17) is 46.4 Å². The summed E-state index contributed by atoms with van der Waals surface area (Å²) in [6.07, 6.45) is 0. The molecule has 37 heavy (non-hydrogen) atoms. The number of carbonyl (C=O) groups is 3. The van der Waals surface area contributed by atoms with Crippen LogP contribution in [-0.2, 0) is 4.79 Å². The van der Waals surface area contributed by atoms with Crippen molar-refractivity contribution < 1.29 is 19.5 Å². The van der Waals surface area contributed by atoms with Gasteiger partial charge in [-0.1, -0.05) is 69.9 Å². The van der Waals surface area contributed by atoms with Crippen LogP contribution < -0.4 is 10.6 Å². The highest BCUT2D eigenvalue weighted by atomic mass is 35.5. The molecule has 1 aromatic heterocycles. The van der Waals surface area contributed by atoms with Crippen LogP contribution in [0.2, 0.25) is 20.1 Å². The van der Waals surface area contributed by atoms with Gasteiger partial charge in [-0.15, -0.1) is 11.8 Å². The first-order chi connectivity index (χ1) is 17.5. The second-order valence-electron chi connectivity index (χ2n) is 7.62. The van der Waals surface area contributed by atoms with Crippen molar-refractivity contribution in [2.45, 2.75) is 11.8 Å². The molecule has 2 amide bonds. The number of carboxylic acid groups (broad SMARTS) is 1. The SMILES string of the molecule is Cc1ccc2nc(NC(=O)CSc3cccc(NC(=O)c4c(Cl)c(Cl)c(Cl)c(Cl)c4C(=O)O)c3)sc2c1. The molecular formula is C24H15Cl4N3O4S2. The average Bonchev–Trinajstić information content (AvgIpc) is 3.24. The van der Waals surface area contributed by atoms with Gasteiger partial charge in [-0.2, -0.15) is 0 Å². The Morgan fingerprint density at radius 1 is 0.946 bits per heavy atom. The predicted octanol–water partition coefficient (Wildman–Crippen LogP) is 7.90. The Morgan fingerprint density at radius 2 is 1.65 bits per heavy atom. The zero-order valence-electron chi connectivity index (χ0n) is 18.7. The van der Waals surface area contributed by atoms with Crippen molar-refractivity contribution in [2.75, 3.05) is 16.4 Å². The quantitative estimate of drug-likeness (QED) is 0.111. The third-order valence-corrected chi connectivity index (χ3v) is 8.69. The van der Waals surface area contributed by atoms with Gasteiger partial charge in [-0.3, -0.25) is 9.59 Å². The molecular weight excluding hydrogens is 600 g/mol. The van der Waals surface area contributed by atoms with Gasteiger partial charge in [-0.25, -0.2) is 9.78 Å². The summed E-state index contributed by atoms with van der Waals surface area (Å²) in [6, 6.07) is 12.5. The zero-order chi connectivity index (χ0) is 26.9. The van der Waals surface area contributed by atoms with Crippen LogP contribution in [0.3, 0.4) is 0 Å². The third-order valence-electron chi connectivity index (χ3n) is 4.96. The number of nitrogens with one attached hydrogen (secondary N) is 2. The monoisotopic (exact) mass is 613 g/mol. The highest BCUT2D eigenvalue weighted by molar-refractivity contribution is 8.00. The Bertz CT molecular complexity index is 1580. The molecule has 3 N–H and O–H groups in total. The van der Waals surface area contributed by atoms with E-state index >= 15 is 0 Å². The van der Waals surface area contributed by atoms with E-state index in [1.165, 1.54) is 23.1 Å². The number of hydrogen-bond acceptors (Lipinski definition) is 6. The molecule has 3 aromatic carbocycles. The van der Waals surface area contributed by atoms with E-state index < -0.39 is 28.0 Å². The number of aryl methyl sites for hydroxylation is 1. The molecule has 13 heteroatoms. The summed E-state index contributed by atoms with van der Waals surface area (Å²) in [5.74, 6) is -2.47. The first kappa shape index (κ1) is 27.5. The molecule has 4 aromatic rings. The van der Waals surface area contributed by atoms with Crippen molar-refractivity contribution in [2.24, 2.45) is 0 Å². The number of thioether (sulfide) groups is 1.